The molecule has 1 aliphatic heterocycles. The fourth-order valence-electron chi connectivity index (χ4n) is 4.98. The van der Waals surface area contributed by atoms with Gasteiger partial charge in [0.25, 0.3) is 0 Å². The molecular weight excluding hydrogens is 442 g/mol. The Balaban J connectivity index is 1.64. The van der Waals surface area contributed by atoms with E-state index in [2.05, 4.69) is 61.4 Å². The molecular formula is C28H37N3O4. The Labute approximate surface area is 207 Å². The summed E-state index contributed by atoms with van der Waals surface area (Å²) in [6, 6.07) is 16.9. The Morgan fingerprint density at radius 1 is 1.17 bits per heavy atom. The zero-order chi connectivity index (χ0) is 25.0. The fourth-order valence-corrected chi connectivity index (χ4v) is 4.98. The van der Waals surface area contributed by atoms with Crippen molar-refractivity contribution in [2.45, 2.75) is 52.3 Å². The Morgan fingerprint density at radius 3 is 2.63 bits per heavy atom. The van der Waals surface area contributed by atoms with Crippen molar-refractivity contribution in [2.75, 3.05) is 32.2 Å². The van der Waals surface area contributed by atoms with Crippen LogP contribution in [-0.2, 0) is 16.1 Å². The van der Waals surface area contributed by atoms with Crippen molar-refractivity contribution >= 4 is 22.7 Å². The molecule has 0 saturated carbocycles. The van der Waals surface area contributed by atoms with Gasteiger partial charge in [-0.1, -0.05) is 51.1 Å². The van der Waals surface area contributed by atoms with Crippen molar-refractivity contribution in [2.24, 2.45) is 5.41 Å². The van der Waals surface area contributed by atoms with E-state index < -0.39 is 6.09 Å². The molecule has 0 bridgehead atoms. The van der Waals surface area contributed by atoms with Crippen molar-refractivity contribution in [1.29, 1.82) is 0 Å². The number of methoxy groups -OCH3 is 1. The summed E-state index contributed by atoms with van der Waals surface area (Å²) in [4.78, 5) is 17.1. The van der Waals surface area contributed by atoms with Crippen LogP contribution in [0.25, 0.3) is 22.2 Å². The third-order valence-corrected chi connectivity index (χ3v) is 6.78. The second-order valence-electron chi connectivity index (χ2n) is 10.4. The van der Waals surface area contributed by atoms with Crippen LogP contribution in [0.3, 0.4) is 0 Å². The number of H-pyrrole nitrogens is 1. The van der Waals surface area contributed by atoms with E-state index >= 15 is 0 Å². The molecule has 3 N–H and O–H groups in total. The molecule has 2 heterocycles. The third kappa shape index (κ3) is 5.97. The topological polar surface area (TPSA) is 86.8 Å². The number of anilines is 1. The van der Waals surface area contributed by atoms with E-state index in [1.165, 1.54) is 0 Å². The molecule has 1 aliphatic rings. The van der Waals surface area contributed by atoms with Crippen molar-refractivity contribution in [3.05, 3.63) is 54.1 Å². The SMILES string of the molecule is COCCOCc1cc(NC2CCN(C(=O)O)C(C(C)(C)C)C2)c2[nH]c(-c3ccccc3)cc2c1. The minimum absolute atomic E-state index is 0.0502. The highest BCUT2D eigenvalue weighted by Gasteiger charge is 2.38. The van der Waals surface area contributed by atoms with Gasteiger partial charge in [-0.3, -0.25) is 0 Å². The standard InChI is InChI=1S/C28H37N3O4/c1-28(2,3)25-17-22(10-11-31(25)27(32)33)29-24-15-19(18-35-13-12-34-4)14-21-16-23(30-26(21)24)20-8-6-5-7-9-20/h5-9,14-16,22,25,29-30H,10-13,17-18H2,1-4H3,(H,32,33). The van der Waals surface area contributed by atoms with Crippen LogP contribution >= 0.6 is 0 Å². The Bertz CT molecular complexity index is 1140. The molecule has 3 aromatic rings. The first-order chi connectivity index (χ1) is 16.8. The lowest BCUT2D eigenvalue weighted by atomic mass is 9.79. The van der Waals surface area contributed by atoms with Gasteiger partial charge in [-0.25, -0.2) is 4.79 Å². The molecule has 0 radical (unpaired) electrons. The van der Waals surface area contributed by atoms with Crippen LogP contribution in [0, 0.1) is 5.41 Å². The first kappa shape index (κ1) is 25.1. The maximum absolute atomic E-state index is 11.9. The zero-order valence-corrected chi connectivity index (χ0v) is 21.1. The summed E-state index contributed by atoms with van der Waals surface area (Å²) in [5.41, 5.74) is 5.22. The number of carbonyl (C=O) groups is 1. The van der Waals surface area contributed by atoms with E-state index in [1.807, 2.05) is 18.2 Å². The molecule has 188 valence electrons. The van der Waals surface area contributed by atoms with Gasteiger partial charge in [0.15, 0.2) is 0 Å². The Morgan fingerprint density at radius 2 is 1.94 bits per heavy atom. The van der Waals surface area contributed by atoms with E-state index in [4.69, 9.17) is 9.47 Å². The second kappa shape index (κ2) is 10.7. The number of hydrogen-bond donors (Lipinski definition) is 3. The number of aromatic nitrogens is 1. The third-order valence-electron chi connectivity index (χ3n) is 6.78. The Kier molecular flexibility index (Phi) is 7.67. The highest BCUT2D eigenvalue weighted by molar-refractivity contribution is 5.95. The van der Waals surface area contributed by atoms with Crippen LogP contribution in [0.5, 0.6) is 0 Å². The number of piperidine rings is 1. The quantitative estimate of drug-likeness (QED) is 0.347. The number of aromatic amines is 1. The van der Waals surface area contributed by atoms with Gasteiger partial charge in [-0.15, -0.1) is 0 Å². The van der Waals surface area contributed by atoms with Crippen LogP contribution < -0.4 is 5.32 Å². The van der Waals surface area contributed by atoms with Crippen LogP contribution in [-0.4, -0.2) is 60.0 Å². The van der Waals surface area contributed by atoms with E-state index in [0.717, 1.165) is 46.3 Å². The lowest BCUT2D eigenvalue weighted by Crippen LogP contribution is -2.54. The van der Waals surface area contributed by atoms with Crippen LogP contribution in [0.2, 0.25) is 0 Å². The minimum atomic E-state index is -0.835. The fraction of sp³-hybridized carbons (Fsp3) is 0.464. The summed E-state index contributed by atoms with van der Waals surface area (Å²) in [6.07, 6.45) is 0.692. The first-order valence-corrected chi connectivity index (χ1v) is 12.3. The number of amides is 1. The molecule has 1 aromatic heterocycles. The number of likely N-dealkylation sites (tertiary alicyclic amines) is 1. The van der Waals surface area contributed by atoms with Gasteiger partial charge in [-0.2, -0.15) is 0 Å². The van der Waals surface area contributed by atoms with Crippen LogP contribution in [0.15, 0.2) is 48.5 Å². The normalized spacial score (nSPS) is 18.7. The predicted octanol–water partition coefficient (Wildman–Crippen LogP) is 5.97. The lowest BCUT2D eigenvalue weighted by Gasteiger charge is -2.45. The van der Waals surface area contributed by atoms with Gasteiger partial charge < -0.3 is 29.8 Å². The number of carboxylic acid groups (broad SMARTS) is 1. The molecule has 1 fully saturated rings. The largest absolute Gasteiger partial charge is 0.465 e. The molecule has 1 amide bonds. The van der Waals surface area contributed by atoms with E-state index in [0.29, 0.717) is 26.4 Å². The molecule has 2 aromatic carbocycles. The summed E-state index contributed by atoms with van der Waals surface area (Å²) in [6.45, 7) is 8.47. The summed E-state index contributed by atoms with van der Waals surface area (Å²) < 4.78 is 10.9. The molecule has 0 spiro atoms. The van der Waals surface area contributed by atoms with Gasteiger partial charge in [0, 0.05) is 36.8 Å². The van der Waals surface area contributed by atoms with Crippen molar-refractivity contribution in [1.82, 2.24) is 9.88 Å². The summed E-state index contributed by atoms with van der Waals surface area (Å²) in [7, 11) is 1.67. The van der Waals surface area contributed by atoms with Gasteiger partial charge >= 0.3 is 6.09 Å². The molecule has 7 heteroatoms. The number of benzene rings is 2. The van der Waals surface area contributed by atoms with Crippen molar-refractivity contribution in [3.63, 3.8) is 0 Å². The molecule has 2 unspecified atom stereocenters. The molecule has 1 saturated heterocycles. The number of nitrogens with one attached hydrogen (secondary N) is 2. The average Bonchev–Trinajstić information content (AvgIpc) is 3.26. The highest BCUT2D eigenvalue weighted by atomic mass is 16.5. The predicted molar refractivity (Wildman–Crippen MR) is 140 cm³/mol. The molecule has 0 aliphatic carbocycles. The summed E-state index contributed by atoms with van der Waals surface area (Å²) in [5, 5.41) is 14.6. The van der Waals surface area contributed by atoms with Crippen LogP contribution in [0.1, 0.15) is 39.2 Å². The zero-order valence-electron chi connectivity index (χ0n) is 21.1. The van der Waals surface area contributed by atoms with E-state index in [9.17, 15) is 9.90 Å². The van der Waals surface area contributed by atoms with Gasteiger partial charge in [0.2, 0.25) is 0 Å². The maximum atomic E-state index is 11.9. The number of fused-ring (bicyclic) bond motifs is 1. The summed E-state index contributed by atoms with van der Waals surface area (Å²) in [5.74, 6) is 0. The summed E-state index contributed by atoms with van der Waals surface area (Å²) >= 11 is 0. The van der Waals surface area contributed by atoms with Crippen molar-refractivity contribution in [3.8, 4) is 11.3 Å². The minimum Gasteiger partial charge on any atom is -0.465 e. The van der Waals surface area contributed by atoms with Crippen LogP contribution in [0.4, 0.5) is 10.5 Å². The monoisotopic (exact) mass is 479 g/mol. The van der Waals surface area contributed by atoms with E-state index in [-0.39, 0.29) is 17.5 Å². The first-order valence-electron chi connectivity index (χ1n) is 12.3. The smallest absolute Gasteiger partial charge is 0.407 e. The van der Waals surface area contributed by atoms with Crippen molar-refractivity contribution < 1.29 is 19.4 Å². The Hall–Kier alpha value is -3.03. The second-order valence-corrected chi connectivity index (χ2v) is 10.4. The van der Waals surface area contributed by atoms with Gasteiger partial charge in [0.1, 0.15) is 0 Å². The van der Waals surface area contributed by atoms with Gasteiger partial charge in [-0.05, 0) is 47.6 Å². The number of ether oxygens (including phenoxy) is 2. The molecule has 4 rings (SSSR count). The number of rotatable bonds is 8. The average molecular weight is 480 g/mol. The number of hydrogen-bond acceptors (Lipinski definition) is 4. The van der Waals surface area contributed by atoms with Gasteiger partial charge in [0.05, 0.1) is 31.0 Å². The molecule has 2 atom stereocenters. The maximum Gasteiger partial charge on any atom is 0.407 e. The molecule has 35 heavy (non-hydrogen) atoms. The van der Waals surface area contributed by atoms with E-state index in [1.54, 1.807) is 12.0 Å². The number of nitrogens with zero attached hydrogens (tertiary/aromatic N) is 1. The molecule has 7 nitrogen and oxygen atoms in total. The lowest BCUT2D eigenvalue weighted by molar-refractivity contribution is 0.0557. The highest BCUT2D eigenvalue weighted by Crippen LogP contribution is 2.35.